The molecular weight excluding hydrogens is 308 g/mol. The molecule has 1 amide bonds. The van der Waals surface area contributed by atoms with Crippen LogP contribution in [0.3, 0.4) is 0 Å². The van der Waals surface area contributed by atoms with Crippen LogP contribution < -0.4 is 0 Å². The minimum absolute atomic E-state index is 0.133. The molecule has 6 heteroatoms. The van der Waals surface area contributed by atoms with E-state index in [9.17, 15) is 4.79 Å². The molecule has 0 aromatic carbocycles. The van der Waals surface area contributed by atoms with Gasteiger partial charge in [-0.1, -0.05) is 0 Å². The highest BCUT2D eigenvalue weighted by Crippen LogP contribution is 2.29. The molecule has 1 saturated heterocycles. The van der Waals surface area contributed by atoms with E-state index in [2.05, 4.69) is 16.9 Å². The van der Waals surface area contributed by atoms with Crippen LogP contribution in [0.15, 0.2) is 6.07 Å². The van der Waals surface area contributed by atoms with Crippen LogP contribution >= 0.6 is 11.3 Å². The normalized spacial score (nSPS) is 18.3. The van der Waals surface area contributed by atoms with Crippen molar-refractivity contribution < 1.29 is 4.79 Å². The maximum Gasteiger partial charge on any atom is 0.219 e. The van der Waals surface area contributed by atoms with Gasteiger partial charge in [0.1, 0.15) is 16.5 Å². The Kier molecular flexibility index (Phi) is 4.43. The lowest BCUT2D eigenvalue weighted by Gasteiger charge is -2.31. The molecule has 0 bridgehead atoms. The summed E-state index contributed by atoms with van der Waals surface area (Å²) in [4.78, 5) is 28.8. The van der Waals surface area contributed by atoms with Gasteiger partial charge in [-0.2, -0.15) is 0 Å². The van der Waals surface area contributed by atoms with E-state index in [0.29, 0.717) is 6.54 Å². The van der Waals surface area contributed by atoms with Gasteiger partial charge in [0.25, 0.3) is 0 Å². The quantitative estimate of drug-likeness (QED) is 0.848. The number of aryl methyl sites for hydroxylation is 3. The number of carbonyl (C=O) groups excluding carboxylic acids is 1. The van der Waals surface area contributed by atoms with E-state index in [0.717, 1.165) is 47.3 Å². The lowest BCUT2D eigenvalue weighted by Crippen LogP contribution is -2.38. The van der Waals surface area contributed by atoms with E-state index < -0.39 is 0 Å². The predicted octanol–water partition coefficient (Wildman–Crippen LogP) is 3.25. The zero-order chi connectivity index (χ0) is 16.6. The van der Waals surface area contributed by atoms with Gasteiger partial charge in [-0.05, 0) is 39.7 Å². The van der Waals surface area contributed by atoms with Gasteiger partial charge in [0.2, 0.25) is 5.91 Å². The third-order valence-electron chi connectivity index (χ3n) is 4.35. The van der Waals surface area contributed by atoms with Crippen molar-refractivity contribution in [3.05, 3.63) is 28.2 Å². The molecule has 1 aliphatic heterocycles. The van der Waals surface area contributed by atoms with Crippen LogP contribution in [-0.4, -0.2) is 38.8 Å². The Morgan fingerprint density at radius 2 is 2.04 bits per heavy atom. The smallest absolute Gasteiger partial charge is 0.219 e. The molecule has 1 atom stereocenters. The molecule has 0 unspecified atom stereocenters. The maximum absolute atomic E-state index is 11.6. The van der Waals surface area contributed by atoms with Crippen LogP contribution in [0.1, 0.15) is 47.8 Å². The first-order valence-electron chi connectivity index (χ1n) is 7.99. The second-order valence-corrected chi connectivity index (χ2v) is 7.42. The van der Waals surface area contributed by atoms with Crippen LogP contribution in [0.5, 0.6) is 0 Å². The Bertz CT molecular complexity index is 721. The SMILES string of the molecule is CC(=O)N1CCC[C@H](c2nc(C)cc(-c3nc(C)c(C)s3)n2)C1. The summed E-state index contributed by atoms with van der Waals surface area (Å²) >= 11 is 1.67. The van der Waals surface area contributed by atoms with Crippen molar-refractivity contribution in [2.24, 2.45) is 0 Å². The number of thiazole rings is 1. The van der Waals surface area contributed by atoms with Crippen LogP contribution in [0.25, 0.3) is 10.7 Å². The second kappa shape index (κ2) is 6.35. The highest BCUT2D eigenvalue weighted by atomic mass is 32.1. The van der Waals surface area contributed by atoms with Crippen molar-refractivity contribution in [1.82, 2.24) is 19.9 Å². The van der Waals surface area contributed by atoms with Gasteiger partial charge in [-0.25, -0.2) is 15.0 Å². The van der Waals surface area contributed by atoms with Gasteiger partial charge < -0.3 is 4.90 Å². The molecule has 5 nitrogen and oxygen atoms in total. The summed E-state index contributed by atoms with van der Waals surface area (Å²) < 4.78 is 0. The summed E-state index contributed by atoms with van der Waals surface area (Å²) in [5, 5.41) is 0.950. The molecule has 3 heterocycles. The van der Waals surface area contributed by atoms with Crippen molar-refractivity contribution in [3.8, 4) is 10.7 Å². The van der Waals surface area contributed by atoms with Crippen LogP contribution in [0.2, 0.25) is 0 Å². The zero-order valence-corrected chi connectivity index (χ0v) is 14.9. The lowest BCUT2D eigenvalue weighted by atomic mass is 9.97. The maximum atomic E-state index is 11.6. The molecule has 23 heavy (non-hydrogen) atoms. The topological polar surface area (TPSA) is 59.0 Å². The first-order chi connectivity index (χ1) is 10.9. The average molecular weight is 330 g/mol. The van der Waals surface area contributed by atoms with E-state index in [1.54, 1.807) is 18.3 Å². The van der Waals surface area contributed by atoms with Crippen molar-refractivity contribution in [2.45, 2.75) is 46.5 Å². The lowest BCUT2D eigenvalue weighted by molar-refractivity contribution is -0.130. The molecule has 0 saturated carbocycles. The number of rotatable bonds is 2. The molecule has 0 N–H and O–H groups in total. The number of amides is 1. The van der Waals surface area contributed by atoms with Crippen molar-refractivity contribution >= 4 is 17.2 Å². The summed E-state index contributed by atoms with van der Waals surface area (Å²) in [6.45, 7) is 9.29. The Balaban J connectivity index is 1.92. The second-order valence-electron chi connectivity index (χ2n) is 6.22. The molecule has 122 valence electrons. The van der Waals surface area contributed by atoms with Gasteiger partial charge >= 0.3 is 0 Å². The number of piperidine rings is 1. The minimum atomic E-state index is 0.133. The molecule has 1 fully saturated rings. The third kappa shape index (κ3) is 3.42. The number of hydrogen-bond donors (Lipinski definition) is 0. The van der Waals surface area contributed by atoms with Crippen molar-refractivity contribution in [3.63, 3.8) is 0 Å². The van der Waals surface area contributed by atoms with E-state index >= 15 is 0 Å². The standard InChI is InChI=1S/C17H22N4OS/c1-10-8-15(17-19-11(2)12(3)23-17)20-16(18-10)14-6-5-7-21(9-14)13(4)22/h8,14H,5-7,9H2,1-4H3/t14-/m0/s1. The first kappa shape index (κ1) is 16.1. The number of likely N-dealkylation sites (tertiary alicyclic amines) is 1. The van der Waals surface area contributed by atoms with Crippen LogP contribution in [-0.2, 0) is 4.79 Å². The van der Waals surface area contributed by atoms with Gasteiger partial charge in [0.15, 0.2) is 0 Å². The fraction of sp³-hybridized carbons (Fsp3) is 0.529. The van der Waals surface area contributed by atoms with Gasteiger partial charge in [-0.3, -0.25) is 4.79 Å². The molecule has 3 rings (SSSR count). The van der Waals surface area contributed by atoms with E-state index in [4.69, 9.17) is 4.98 Å². The highest BCUT2D eigenvalue weighted by molar-refractivity contribution is 7.15. The Labute approximate surface area is 140 Å². The number of nitrogens with zero attached hydrogens (tertiary/aromatic N) is 4. The van der Waals surface area contributed by atoms with E-state index in [1.165, 1.54) is 4.88 Å². The van der Waals surface area contributed by atoms with Gasteiger partial charge in [0.05, 0.1) is 5.69 Å². The minimum Gasteiger partial charge on any atom is -0.342 e. The number of carbonyl (C=O) groups is 1. The van der Waals surface area contributed by atoms with E-state index in [1.807, 2.05) is 24.8 Å². The molecule has 2 aromatic rings. The fourth-order valence-corrected chi connectivity index (χ4v) is 3.81. The molecule has 1 aliphatic rings. The molecule has 0 aliphatic carbocycles. The largest absolute Gasteiger partial charge is 0.342 e. The molecule has 0 spiro atoms. The van der Waals surface area contributed by atoms with Gasteiger partial charge in [-0.15, -0.1) is 11.3 Å². The van der Waals surface area contributed by atoms with Crippen LogP contribution in [0.4, 0.5) is 0 Å². The van der Waals surface area contributed by atoms with Crippen LogP contribution in [0, 0.1) is 20.8 Å². The summed E-state index contributed by atoms with van der Waals surface area (Å²) in [6.07, 6.45) is 2.04. The first-order valence-corrected chi connectivity index (χ1v) is 8.81. The Morgan fingerprint density at radius 1 is 1.26 bits per heavy atom. The molecule has 0 radical (unpaired) electrons. The Hall–Kier alpha value is -1.82. The third-order valence-corrected chi connectivity index (χ3v) is 5.45. The number of hydrogen-bond acceptors (Lipinski definition) is 5. The summed E-state index contributed by atoms with van der Waals surface area (Å²) in [7, 11) is 0. The molecular formula is C17H22N4OS. The summed E-state index contributed by atoms with van der Waals surface area (Å²) in [5.41, 5.74) is 2.91. The summed E-state index contributed by atoms with van der Waals surface area (Å²) in [6, 6.07) is 1.99. The Morgan fingerprint density at radius 3 is 2.70 bits per heavy atom. The average Bonchev–Trinajstić information content (AvgIpc) is 2.86. The van der Waals surface area contributed by atoms with E-state index in [-0.39, 0.29) is 11.8 Å². The summed E-state index contributed by atoms with van der Waals surface area (Å²) in [5.74, 6) is 1.19. The van der Waals surface area contributed by atoms with Crippen molar-refractivity contribution in [2.75, 3.05) is 13.1 Å². The number of aromatic nitrogens is 3. The van der Waals surface area contributed by atoms with Gasteiger partial charge in [0, 0.05) is 36.5 Å². The fourth-order valence-electron chi connectivity index (χ4n) is 2.94. The van der Waals surface area contributed by atoms with Crippen molar-refractivity contribution in [1.29, 1.82) is 0 Å². The highest BCUT2D eigenvalue weighted by Gasteiger charge is 2.25. The zero-order valence-electron chi connectivity index (χ0n) is 14.1. The molecule has 2 aromatic heterocycles. The predicted molar refractivity (Wildman–Crippen MR) is 91.6 cm³/mol. The monoisotopic (exact) mass is 330 g/mol.